The van der Waals surface area contributed by atoms with Gasteiger partial charge in [-0.25, -0.2) is 0 Å². The third kappa shape index (κ3) is 64.6. The van der Waals surface area contributed by atoms with Gasteiger partial charge in [0.2, 0.25) is 0 Å². The van der Waals surface area contributed by atoms with Crippen LogP contribution in [0.3, 0.4) is 0 Å². The first-order chi connectivity index (χ1) is 22.3. The van der Waals surface area contributed by atoms with E-state index in [0.29, 0.717) is 12.8 Å². The smallest absolute Gasteiger partial charge is 1.00 e. The normalized spacial score (nSPS) is 10.3. The Morgan fingerprint density at radius 1 is 0.396 bits per heavy atom. The average Bonchev–Trinajstić information content (AvgIpc) is 3.04. The molecular weight excluding hydrogens is 639 g/mol. The monoisotopic (exact) mass is 719 g/mol. The predicted molar refractivity (Wildman–Crippen MR) is 195 cm³/mol. The van der Waals surface area contributed by atoms with Crippen molar-refractivity contribution in [1.29, 1.82) is 0 Å². The van der Waals surface area contributed by atoms with Gasteiger partial charge >= 0.3 is 41.5 Å². The van der Waals surface area contributed by atoms with Crippen molar-refractivity contribution in [2.24, 2.45) is 0 Å². The van der Waals surface area contributed by atoms with E-state index in [0.717, 1.165) is 25.7 Å². The number of halogens is 1. The Balaban J connectivity index is -0.000000212. The fourth-order valence-electron chi connectivity index (χ4n) is 5.35. The van der Waals surface area contributed by atoms with Crippen LogP contribution in [0.25, 0.3) is 0 Å². The second kappa shape index (κ2) is 53.9. The van der Waals surface area contributed by atoms with Gasteiger partial charge in [0.1, 0.15) is 6.10 Å². The number of carbonyl (C=O) groups is 2. The van der Waals surface area contributed by atoms with Gasteiger partial charge in [-0.1, -0.05) is 194 Å². The zero-order valence-corrected chi connectivity index (χ0v) is 34.8. The quantitative estimate of drug-likeness (QED) is 0.0467. The summed E-state index contributed by atoms with van der Waals surface area (Å²) in [5.74, 6) is -1.31. The second-order valence-electron chi connectivity index (χ2n) is 13.2. The van der Waals surface area contributed by atoms with Crippen LogP contribution in [0, 0.1) is 0 Å². The molecule has 0 aliphatic rings. The van der Waals surface area contributed by atoms with E-state index in [1.807, 2.05) is 0 Å². The summed E-state index contributed by atoms with van der Waals surface area (Å²) in [6.07, 6.45) is 39.4. The summed E-state index contributed by atoms with van der Waals surface area (Å²) in [5.41, 5.74) is 0. The summed E-state index contributed by atoms with van der Waals surface area (Å²) in [4.78, 5) is 20.7. The molecule has 286 valence electrons. The van der Waals surface area contributed by atoms with Crippen LogP contribution in [-0.2, 0) is 9.59 Å². The van der Waals surface area contributed by atoms with Gasteiger partial charge in [0, 0.05) is 12.8 Å². The molecule has 48 heavy (non-hydrogen) atoms. The zero-order valence-electron chi connectivity index (χ0n) is 32.0. The molecule has 0 saturated heterocycles. The third-order valence-corrected chi connectivity index (χ3v) is 8.41. The SMILES string of the molecule is CCCCCCCCCCCCCCCCCC(=O)O.CCCCCCCCCCCCCCCCCC(=O)O.OCC(O)CO.[Cl-].[Na+]. The number of unbranched alkanes of at least 4 members (excludes halogenated alkanes) is 28. The van der Waals surface area contributed by atoms with Gasteiger partial charge in [0.25, 0.3) is 0 Å². The molecule has 0 saturated carbocycles. The number of aliphatic carboxylic acids is 2. The molecule has 0 aliphatic carbocycles. The maximum atomic E-state index is 10.3. The van der Waals surface area contributed by atoms with E-state index in [-0.39, 0.29) is 55.2 Å². The van der Waals surface area contributed by atoms with Crippen molar-refractivity contribution < 1.29 is 77.1 Å². The summed E-state index contributed by atoms with van der Waals surface area (Å²) in [7, 11) is 0. The predicted octanol–water partition coefficient (Wildman–Crippen LogP) is 5.00. The van der Waals surface area contributed by atoms with Gasteiger partial charge < -0.3 is 37.9 Å². The zero-order chi connectivity index (χ0) is 34.8. The topological polar surface area (TPSA) is 135 Å². The summed E-state index contributed by atoms with van der Waals surface area (Å²) in [6.45, 7) is 3.81. The summed E-state index contributed by atoms with van der Waals surface area (Å²) >= 11 is 0. The molecule has 0 amide bonds. The molecule has 0 fully saturated rings. The number of carboxylic acids is 2. The first kappa shape index (κ1) is 57.5. The molecule has 0 aromatic carbocycles. The fourth-order valence-corrected chi connectivity index (χ4v) is 5.35. The van der Waals surface area contributed by atoms with Crippen molar-refractivity contribution in [3.63, 3.8) is 0 Å². The summed E-state index contributed by atoms with van der Waals surface area (Å²) in [6, 6.07) is 0. The summed E-state index contributed by atoms with van der Waals surface area (Å²) in [5, 5.41) is 41.1. The largest absolute Gasteiger partial charge is 1.00 e. The van der Waals surface area contributed by atoms with Crippen molar-refractivity contribution in [2.75, 3.05) is 13.2 Å². The van der Waals surface area contributed by atoms with Crippen LogP contribution in [-0.4, -0.2) is 56.8 Å². The number of hydrogen-bond donors (Lipinski definition) is 5. The van der Waals surface area contributed by atoms with Crippen LogP contribution in [0.15, 0.2) is 0 Å². The Labute approximate surface area is 325 Å². The van der Waals surface area contributed by atoms with E-state index in [1.165, 1.54) is 167 Å². The molecule has 0 atom stereocenters. The number of carboxylic acid groups (broad SMARTS) is 2. The maximum Gasteiger partial charge on any atom is 1.00 e. The second-order valence-corrected chi connectivity index (χ2v) is 13.2. The minimum Gasteiger partial charge on any atom is -1.00 e. The van der Waals surface area contributed by atoms with Crippen molar-refractivity contribution in [3.05, 3.63) is 0 Å². The minimum absolute atomic E-state index is 0. The molecule has 0 unspecified atom stereocenters. The van der Waals surface area contributed by atoms with E-state index < -0.39 is 18.0 Å². The Hall–Kier alpha value is 0.110. The number of aliphatic hydroxyl groups is 3. The Kier molecular flexibility index (Phi) is 64.5. The first-order valence-corrected chi connectivity index (χ1v) is 19.7. The molecule has 0 heterocycles. The molecule has 0 bridgehead atoms. The molecule has 0 aromatic heterocycles. The molecule has 0 radical (unpaired) electrons. The van der Waals surface area contributed by atoms with Crippen LogP contribution < -0.4 is 42.0 Å². The maximum absolute atomic E-state index is 10.3. The van der Waals surface area contributed by atoms with E-state index >= 15 is 0 Å². The molecule has 0 rings (SSSR count). The van der Waals surface area contributed by atoms with E-state index in [9.17, 15) is 9.59 Å². The Morgan fingerprint density at radius 3 is 0.688 bits per heavy atom. The molecule has 0 aliphatic heterocycles. The van der Waals surface area contributed by atoms with Crippen LogP contribution in [0.2, 0.25) is 0 Å². The van der Waals surface area contributed by atoms with E-state index in [4.69, 9.17) is 25.5 Å². The van der Waals surface area contributed by atoms with Gasteiger partial charge in [-0.2, -0.15) is 0 Å². The average molecular weight is 720 g/mol. The van der Waals surface area contributed by atoms with Gasteiger partial charge in [0.05, 0.1) is 13.2 Å². The molecular formula is C39H80ClNaO7. The van der Waals surface area contributed by atoms with Crippen LogP contribution in [0.4, 0.5) is 0 Å². The van der Waals surface area contributed by atoms with Crippen molar-refractivity contribution in [3.8, 4) is 0 Å². The Bertz CT molecular complexity index is 537. The Morgan fingerprint density at radius 2 is 0.562 bits per heavy atom. The van der Waals surface area contributed by atoms with E-state index in [1.54, 1.807) is 0 Å². The standard InChI is InChI=1S/2C18H36O2.C3H8O3.ClH.Na/c2*1-2-3-4-5-6-7-8-9-10-11-12-13-14-15-16-17-18(19)20;4-1-3(6)2-5;;/h2*2-17H2,1H3,(H,19,20);3-6H,1-2H2;1H;/q;;;;+1/p-1. The third-order valence-electron chi connectivity index (χ3n) is 8.41. The van der Waals surface area contributed by atoms with Gasteiger partial charge in [-0.3, -0.25) is 9.59 Å². The molecule has 0 spiro atoms. The molecule has 7 nitrogen and oxygen atoms in total. The number of rotatable bonds is 34. The van der Waals surface area contributed by atoms with Crippen molar-refractivity contribution in [1.82, 2.24) is 0 Å². The number of aliphatic hydroxyl groups excluding tert-OH is 3. The van der Waals surface area contributed by atoms with Crippen molar-refractivity contribution >= 4 is 11.9 Å². The van der Waals surface area contributed by atoms with Gasteiger partial charge in [-0.05, 0) is 12.8 Å². The number of hydrogen-bond acceptors (Lipinski definition) is 5. The molecule has 9 heteroatoms. The van der Waals surface area contributed by atoms with Crippen LogP contribution in [0.1, 0.15) is 219 Å². The fraction of sp³-hybridized carbons (Fsp3) is 0.949. The van der Waals surface area contributed by atoms with Crippen molar-refractivity contribution in [2.45, 2.75) is 225 Å². The molecule has 0 aromatic rings. The first-order valence-electron chi connectivity index (χ1n) is 19.7. The van der Waals surface area contributed by atoms with E-state index in [2.05, 4.69) is 13.8 Å². The van der Waals surface area contributed by atoms with Crippen LogP contribution in [0.5, 0.6) is 0 Å². The van der Waals surface area contributed by atoms with Crippen LogP contribution >= 0.6 is 0 Å². The molecule has 5 N–H and O–H groups in total. The van der Waals surface area contributed by atoms with Gasteiger partial charge in [0.15, 0.2) is 0 Å². The van der Waals surface area contributed by atoms with Gasteiger partial charge in [-0.15, -0.1) is 0 Å². The minimum atomic E-state index is -0.954. The summed E-state index contributed by atoms with van der Waals surface area (Å²) < 4.78 is 0.